The molecule has 2 aliphatic carbocycles. The summed E-state index contributed by atoms with van der Waals surface area (Å²) >= 11 is 0. The Kier molecular flexibility index (Phi) is 6.14. The molecular formula is C25H29F3N4O2. The first kappa shape index (κ1) is 23.0. The maximum atomic E-state index is 12.8. The van der Waals surface area contributed by atoms with E-state index >= 15 is 0 Å². The van der Waals surface area contributed by atoms with Crippen molar-refractivity contribution in [2.45, 2.75) is 63.4 Å². The Morgan fingerprint density at radius 1 is 1.12 bits per heavy atom. The number of hydrogen-bond acceptors (Lipinski definition) is 5. The molecular weight excluding hydrogens is 445 g/mol. The molecule has 1 aromatic heterocycles. The summed E-state index contributed by atoms with van der Waals surface area (Å²) in [6.45, 7) is 2.16. The molecule has 2 heterocycles. The van der Waals surface area contributed by atoms with Crippen LogP contribution in [0.2, 0.25) is 0 Å². The molecule has 182 valence electrons. The van der Waals surface area contributed by atoms with Crippen LogP contribution in [0.1, 0.15) is 50.5 Å². The van der Waals surface area contributed by atoms with E-state index in [0.29, 0.717) is 13.2 Å². The summed E-state index contributed by atoms with van der Waals surface area (Å²) < 4.78 is 41.4. The molecule has 34 heavy (non-hydrogen) atoms. The number of carbonyl (C=O) groups is 1. The summed E-state index contributed by atoms with van der Waals surface area (Å²) in [6, 6.07) is 8.00. The summed E-state index contributed by atoms with van der Waals surface area (Å²) in [5, 5.41) is 3.12. The van der Waals surface area contributed by atoms with Crippen molar-refractivity contribution in [2.75, 3.05) is 23.4 Å². The van der Waals surface area contributed by atoms with Gasteiger partial charge in [-0.05, 0) is 61.6 Å². The van der Waals surface area contributed by atoms with Gasteiger partial charge in [0.15, 0.2) is 0 Å². The number of anilines is 2. The number of nitrogens with one attached hydrogen (secondary N) is 1. The Morgan fingerprint density at radius 3 is 2.53 bits per heavy atom. The van der Waals surface area contributed by atoms with Crippen molar-refractivity contribution in [3.8, 4) is 5.75 Å². The van der Waals surface area contributed by atoms with E-state index in [-0.39, 0.29) is 23.1 Å². The van der Waals surface area contributed by atoms with E-state index in [2.05, 4.69) is 24.8 Å². The fourth-order valence-electron chi connectivity index (χ4n) is 5.21. The Bertz CT molecular complexity index is 1020. The maximum absolute atomic E-state index is 12.8. The monoisotopic (exact) mass is 474 g/mol. The predicted molar refractivity (Wildman–Crippen MR) is 122 cm³/mol. The second kappa shape index (κ2) is 9.09. The number of nitrogens with zero attached hydrogens (tertiary/aromatic N) is 3. The van der Waals surface area contributed by atoms with E-state index in [9.17, 15) is 18.0 Å². The van der Waals surface area contributed by atoms with Gasteiger partial charge in [0.1, 0.15) is 5.75 Å². The average Bonchev–Trinajstić information content (AvgIpc) is 3.51. The minimum atomic E-state index is -4.70. The van der Waals surface area contributed by atoms with Crippen LogP contribution < -0.4 is 15.0 Å². The molecule has 6 nitrogen and oxygen atoms in total. The maximum Gasteiger partial charge on any atom is 0.573 e. The van der Waals surface area contributed by atoms with Gasteiger partial charge in [-0.2, -0.15) is 0 Å². The molecule has 2 saturated carbocycles. The van der Waals surface area contributed by atoms with E-state index in [0.717, 1.165) is 62.0 Å². The number of rotatable bonds is 6. The lowest BCUT2D eigenvalue weighted by atomic mass is 9.88. The third-order valence-corrected chi connectivity index (χ3v) is 7.27. The van der Waals surface area contributed by atoms with Gasteiger partial charge in [0.05, 0.1) is 18.6 Å². The van der Waals surface area contributed by atoms with E-state index in [1.165, 1.54) is 18.6 Å². The summed E-state index contributed by atoms with van der Waals surface area (Å²) in [4.78, 5) is 21.6. The van der Waals surface area contributed by atoms with Crippen LogP contribution in [0, 0.1) is 5.92 Å². The molecule has 3 aliphatic rings. The second-order valence-corrected chi connectivity index (χ2v) is 9.66. The second-order valence-electron chi connectivity index (χ2n) is 9.66. The Morgan fingerprint density at radius 2 is 1.85 bits per heavy atom. The lowest BCUT2D eigenvalue weighted by Crippen LogP contribution is -2.33. The quantitative estimate of drug-likeness (QED) is 0.615. The summed E-state index contributed by atoms with van der Waals surface area (Å²) in [5.74, 6) is -0.0639. The van der Waals surface area contributed by atoms with Crippen LogP contribution in [0.4, 0.5) is 24.5 Å². The normalized spacial score (nSPS) is 20.5. The van der Waals surface area contributed by atoms with Crippen LogP contribution in [-0.4, -0.2) is 40.9 Å². The van der Waals surface area contributed by atoms with E-state index in [1.54, 1.807) is 24.5 Å². The van der Waals surface area contributed by atoms with E-state index < -0.39 is 6.36 Å². The highest BCUT2D eigenvalue weighted by atomic mass is 19.4. The van der Waals surface area contributed by atoms with Crippen LogP contribution in [0.5, 0.6) is 5.75 Å². The predicted octanol–water partition coefficient (Wildman–Crippen LogP) is 5.31. The van der Waals surface area contributed by atoms with Crippen molar-refractivity contribution in [3.63, 3.8) is 0 Å². The number of amides is 1. The summed E-state index contributed by atoms with van der Waals surface area (Å²) in [6.07, 6.45) is 6.23. The Balaban J connectivity index is 1.26. The largest absolute Gasteiger partial charge is 0.573 e. The highest BCUT2D eigenvalue weighted by Crippen LogP contribution is 2.48. The van der Waals surface area contributed by atoms with Gasteiger partial charge in [0.25, 0.3) is 0 Å². The van der Waals surface area contributed by atoms with Crippen molar-refractivity contribution in [2.24, 2.45) is 5.92 Å². The van der Waals surface area contributed by atoms with Gasteiger partial charge < -0.3 is 15.0 Å². The van der Waals surface area contributed by atoms with Crippen molar-refractivity contribution in [1.82, 2.24) is 9.88 Å². The molecule has 0 radical (unpaired) electrons. The lowest BCUT2D eigenvalue weighted by Gasteiger charge is -2.25. The first-order valence-corrected chi connectivity index (χ1v) is 11.9. The molecule has 1 amide bonds. The SMILES string of the molecule is O=C(Nc1cnccc1CN1CN(c2ccc(OC(F)(F)F)cc2)CC12CC2)C1CCCCC1. The molecule has 1 aliphatic heterocycles. The Labute approximate surface area is 197 Å². The van der Waals surface area contributed by atoms with Crippen LogP contribution in [0.3, 0.4) is 0 Å². The standard InChI is InChI=1S/C25H29F3N4O2/c26-25(27,28)34-21-8-6-20(7-9-21)31-16-24(11-12-24)32(17-31)15-19-10-13-29-14-22(19)30-23(33)18-4-2-1-3-5-18/h6-10,13-14,18H,1-5,11-12,15-17H2,(H,30,33). The van der Waals surface area contributed by atoms with E-state index in [1.807, 2.05) is 6.07 Å². The van der Waals surface area contributed by atoms with Gasteiger partial charge in [-0.3, -0.25) is 14.7 Å². The summed E-state index contributed by atoms with van der Waals surface area (Å²) in [5.41, 5.74) is 2.72. The van der Waals surface area contributed by atoms with Gasteiger partial charge in [-0.25, -0.2) is 0 Å². The number of benzene rings is 1. The fraction of sp³-hybridized carbons (Fsp3) is 0.520. The third-order valence-electron chi connectivity index (χ3n) is 7.27. The van der Waals surface area contributed by atoms with Gasteiger partial charge in [0, 0.05) is 36.4 Å². The van der Waals surface area contributed by atoms with E-state index in [4.69, 9.17) is 0 Å². The van der Waals surface area contributed by atoms with Crippen molar-refractivity contribution < 1.29 is 22.7 Å². The minimum Gasteiger partial charge on any atom is -0.406 e. The van der Waals surface area contributed by atoms with Crippen LogP contribution in [0.25, 0.3) is 0 Å². The molecule has 2 aromatic rings. The van der Waals surface area contributed by atoms with Gasteiger partial charge in [-0.1, -0.05) is 19.3 Å². The van der Waals surface area contributed by atoms with Crippen LogP contribution in [-0.2, 0) is 11.3 Å². The highest BCUT2D eigenvalue weighted by molar-refractivity contribution is 5.93. The minimum absolute atomic E-state index is 0.0645. The molecule has 0 bridgehead atoms. The zero-order chi connectivity index (χ0) is 23.8. The summed E-state index contributed by atoms with van der Waals surface area (Å²) in [7, 11) is 0. The number of ether oxygens (including phenoxy) is 1. The number of alkyl halides is 3. The number of pyridine rings is 1. The van der Waals surface area contributed by atoms with Crippen molar-refractivity contribution in [3.05, 3.63) is 48.3 Å². The number of halogens is 3. The smallest absolute Gasteiger partial charge is 0.406 e. The molecule has 1 N–H and O–H groups in total. The first-order chi connectivity index (χ1) is 16.3. The fourth-order valence-corrected chi connectivity index (χ4v) is 5.21. The molecule has 0 unspecified atom stereocenters. The van der Waals surface area contributed by atoms with Gasteiger partial charge in [0.2, 0.25) is 5.91 Å². The van der Waals surface area contributed by atoms with Crippen molar-refractivity contribution in [1.29, 1.82) is 0 Å². The molecule has 1 aromatic carbocycles. The first-order valence-electron chi connectivity index (χ1n) is 11.9. The van der Waals surface area contributed by atoms with Gasteiger partial charge >= 0.3 is 6.36 Å². The number of aromatic nitrogens is 1. The highest BCUT2D eigenvalue weighted by Gasteiger charge is 2.53. The lowest BCUT2D eigenvalue weighted by molar-refractivity contribution is -0.274. The molecule has 1 spiro atoms. The molecule has 0 atom stereocenters. The van der Waals surface area contributed by atoms with Crippen LogP contribution >= 0.6 is 0 Å². The number of carbonyl (C=O) groups excluding carboxylic acids is 1. The third kappa shape index (κ3) is 5.14. The molecule has 9 heteroatoms. The van der Waals surface area contributed by atoms with Gasteiger partial charge in [-0.15, -0.1) is 13.2 Å². The molecule has 3 fully saturated rings. The zero-order valence-corrected chi connectivity index (χ0v) is 19.0. The van der Waals surface area contributed by atoms with Crippen molar-refractivity contribution >= 4 is 17.3 Å². The Hall–Kier alpha value is -2.81. The average molecular weight is 475 g/mol. The zero-order valence-electron chi connectivity index (χ0n) is 19.0. The topological polar surface area (TPSA) is 57.7 Å². The molecule has 5 rings (SSSR count). The number of hydrogen-bond donors (Lipinski definition) is 1. The van der Waals surface area contributed by atoms with Crippen LogP contribution in [0.15, 0.2) is 42.7 Å². The molecule has 1 saturated heterocycles.